The largest absolute Gasteiger partial charge is 0.285 e. The molecule has 0 saturated heterocycles. The molecule has 0 aliphatic heterocycles. The van der Waals surface area contributed by atoms with Gasteiger partial charge in [0.25, 0.3) is 5.56 Å². The van der Waals surface area contributed by atoms with Crippen molar-refractivity contribution in [1.29, 1.82) is 0 Å². The first kappa shape index (κ1) is 12.2. The van der Waals surface area contributed by atoms with E-state index in [0.717, 1.165) is 22.9 Å². The fraction of sp³-hybridized carbons (Fsp3) is 0.538. The molecule has 1 aliphatic carbocycles. The Hall–Kier alpha value is -0.810. The quantitative estimate of drug-likeness (QED) is 0.847. The molecular weight excluding hydrogens is 264 g/mol. The zero-order chi connectivity index (χ0) is 12.7. The molecule has 1 unspecified atom stereocenters. The Bertz CT molecular complexity index is 644. The Labute approximate surface area is 114 Å². The summed E-state index contributed by atoms with van der Waals surface area (Å²) >= 11 is 3.33. The Balaban J connectivity index is 2.24. The predicted octanol–water partition coefficient (Wildman–Crippen LogP) is 3.22. The average molecular weight is 280 g/mol. The summed E-state index contributed by atoms with van der Waals surface area (Å²) in [6, 6.07) is 0. The maximum Gasteiger partial charge on any atom is 0.285 e. The summed E-state index contributed by atoms with van der Waals surface area (Å²) in [6.07, 6.45) is 8.63. The maximum atomic E-state index is 12.4. The molecule has 2 aromatic heterocycles. The standard InChI is InChI=1S/C13H16N2OS2/c1-8(17-2)15-13(16)12-10(7-14-15)9-5-3-4-6-11(9)18-12/h7-8H,3-6H2,1-2H3. The average Bonchev–Trinajstić information content (AvgIpc) is 2.78. The first-order valence-corrected chi connectivity index (χ1v) is 8.37. The minimum atomic E-state index is 0.0775. The van der Waals surface area contributed by atoms with Crippen molar-refractivity contribution < 1.29 is 0 Å². The highest BCUT2D eigenvalue weighted by Crippen LogP contribution is 2.34. The summed E-state index contributed by atoms with van der Waals surface area (Å²) < 4.78 is 2.51. The molecule has 1 atom stereocenters. The normalized spacial score (nSPS) is 16.8. The van der Waals surface area contributed by atoms with Gasteiger partial charge in [-0.05, 0) is 44.4 Å². The molecule has 0 aromatic carbocycles. The number of nitrogens with zero attached hydrogens (tertiary/aromatic N) is 2. The fourth-order valence-electron chi connectivity index (χ4n) is 2.52. The maximum absolute atomic E-state index is 12.4. The van der Waals surface area contributed by atoms with E-state index in [1.807, 2.05) is 19.4 Å². The van der Waals surface area contributed by atoms with Crippen LogP contribution >= 0.6 is 23.1 Å². The molecule has 5 heteroatoms. The lowest BCUT2D eigenvalue weighted by Crippen LogP contribution is -2.23. The van der Waals surface area contributed by atoms with E-state index in [4.69, 9.17) is 0 Å². The van der Waals surface area contributed by atoms with Gasteiger partial charge in [0.2, 0.25) is 0 Å². The van der Waals surface area contributed by atoms with E-state index in [2.05, 4.69) is 5.10 Å². The second-order valence-electron chi connectivity index (χ2n) is 4.68. The SMILES string of the molecule is CSC(C)n1ncc2c3c(sc2c1=O)CCCC3. The van der Waals surface area contributed by atoms with Gasteiger partial charge in [0, 0.05) is 10.3 Å². The monoisotopic (exact) mass is 280 g/mol. The van der Waals surface area contributed by atoms with Crippen LogP contribution in [0.5, 0.6) is 0 Å². The number of fused-ring (bicyclic) bond motifs is 3. The van der Waals surface area contributed by atoms with Crippen LogP contribution in [0.15, 0.2) is 11.0 Å². The van der Waals surface area contributed by atoms with Crippen LogP contribution in [0.25, 0.3) is 10.1 Å². The second kappa shape index (κ2) is 4.70. The van der Waals surface area contributed by atoms with Crippen molar-refractivity contribution in [2.75, 3.05) is 6.26 Å². The van der Waals surface area contributed by atoms with Gasteiger partial charge >= 0.3 is 0 Å². The van der Waals surface area contributed by atoms with Crippen molar-refractivity contribution >= 4 is 33.2 Å². The Morgan fingerprint density at radius 2 is 2.22 bits per heavy atom. The molecule has 2 heterocycles. The lowest BCUT2D eigenvalue weighted by atomic mass is 9.97. The van der Waals surface area contributed by atoms with Gasteiger partial charge in [0.05, 0.1) is 11.6 Å². The van der Waals surface area contributed by atoms with Crippen molar-refractivity contribution in [2.45, 2.75) is 38.0 Å². The highest BCUT2D eigenvalue weighted by molar-refractivity contribution is 7.98. The molecule has 0 bridgehead atoms. The third-order valence-corrected chi connectivity index (χ3v) is 5.79. The van der Waals surface area contributed by atoms with Crippen molar-refractivity contribution in [3.05, 3.63) is 27.0 Å². The summed E-state index contributed by atoms with van der Waals surface area (Å²) in [5.74, 6) is 0. The van der Waals surface area contributed by atoms with Gasteiger partial charge in [0.1, 0.15) is 4.70 Å². The molecule has 0 radical (unpaired) electrons. The number of thiophene rings is 1. The van der Waals surface area contributed by atoms with Crippen LogP contribution < -0.4 is 5.56 Å². The third kappa shape index (κ3) is 1.80. The first-order chi connectivity index (χ1) is 8.72. The Kier molecular flexibility index (Phi) is 3.20. The van der Waals surface area contributed by atoms with Gasteiger partial charge < -0.3 is 0 Å². The highest BCUT2D eigenvalue weighted by Gasteiger charge is 2.19. The lowest BCUT2D eigenvalue weighted by Gasteiger charge is -2.11. The van der Waals surface area contributed by atoms with Crippen LogP contribution in [-0.4, -0.2) is 16.0 Å². The van der Waals surface area contributed by atoms with Crippen molar-refractivity contribution in [3.63, 3.8) is 0 Å². The number of hydrogen-bond acceptors (Lipinski definition) is 4. The molecule has 0 spiro atoms. The van der Waals surface area contributed by atoms with E-state index < -0.39 is 0 Å². The predicted molar refractivity (Wildman–Crippen MR) is 78.7 cm³/mol. The molecule has 3 rings (SSSR count). The van der Waals surface area contributed by atoms with Gasteiger partial charge in [-0.2, -0.15) is 5.10 Å². The molecule has 3 nitrogen and oxygen atoms in total. The molecule has 0 N–H and O–H groups in total. The van der Waals surface area contributed by atoms with Crippen LogP contribution in [0.2, 0.25) is 0 Å². The molecule has 2 aromatic rings. The van der Waals surface area contributed by atoms with Crippen molar-refractivity contribution in [1.82, 2.24) is 9.78 Å². The van der Waals surface area contributed by atoms with Crippen molar-refractivity contribution in [2.24, 2.45) is 0 Å². The number of aromatic nitrogens is 2. The van der Waals surface area contributed by atoms with Gasteiger partial charge in [-0.1, -0.05) is 0 Å². The Morgan fingerprint density at radius 3 is 3.00 bits per heavy atom. The van der Waals surface area contributed by atoms with Gasteiger partial charge in [0.15, 0.2) is 0 Å². The van der Waals surface area contributed by atoms with E-state index >= 15 is 0 Å². The second-order valence-corrected chi connectivity index (χ2v) is 6.94. The molecule has 96 valence electrons. The summed E-state index contributed by atoms with van der Waals surface area (Å²) in [4.78, 5) is 13.9. The van der Waals surface area contributed by atoms with E-state index in [1.165, 1.54) is 23.3 Å². The smallest absolute Gasteiger partial charge is 0.266 e. The fourth-order valence-corrected chi connectivity index (χ4v) is 4.17. The number of aryl methyl sites for hydroxylation is 2. The van der Waals surface area contributed by atoms with Crippen LogP contribution in [0.3, 0.4) is 0 Å². The van der Waals surface area contributed by atoms with Crippen LogP contribution in [-0.2, 0) is 12.8 Å². The van der Waals surface area contributed by atoms with Gasteiger partial charge in [-0.25, -0.2) is 4.68 Å². The minimum absolute atomic E-state index is 0.0775. The van der Waals surface area contributed by atoms with Crippen LogP contribution in [0.4, 0.5) is 0 Å². The lowest BCUT2D eigenvalue weighted by molar-refractivity contribution is 0.609. The molecule has 0 fully saturated rings. The third-order valence-electron chi connectivity index (χ3n) is 3.61. The zero-order valence-electron chi connectivity index (χ0n) is 10.6. The van der Waals surface area contributed by atoms with Crippen molar-refractivity contribution in [3.8, 4) is 0 Å². The summed E-state index contributed by atoms with van der Waals surface area (Å²) in [6.45, 7) is 2.01. The van der Waals surface area contributed by atoms with E-state index in [1.54, 1.807) is 27.8 Å². The van der Waals surface area contributed by atoms with E-state index in [9.17, 15) is 4.79 Å². The number of hydrogen-bond donors (Lipinski definition) is 0. The topological polar surface area (TPSA) is 34.9 Å². The number of rotatable bonds is 2. The van der Waals surface area contributed by atoms with Gasteiger partial charge in [-0.15, -0.1) is 23.1 Å². The molecular formula is C13H16N2OS2. The van der Waals surface area contributed by atoms with Crippen LogP contribution in [0.1, 0.15) is 35.6 Å². The summed E-state index contributed by atoms with van der Waals surface area (Å²) in [5, 5.41) is 5.55. The first-order valence-electron chi connectivity index (χ1n) is 6.27. The van der Waals surface area contributed by atoms with Crippen LogP contribution in [0, 0.1) is 0 Å². The van der Waals surface area contributed by atoms with Gasteiger partial charge in [-0.3, -0.25) is 4.79 Å². The highest BCUT2D eigenvalue weighted by atomic mass is 32.2. The molecule has 0 amide bonds. The summed E-state index contributed by atoms with van der Waals surface area (Å²) in [7, 11) is 0. The zero-order valence-corrected chi connectivity index (χ0v) is 12.2. The minimum Gasteiger partial charge on any atom is -0.266 e. The van der Waals surface area contributed by atoms with E-state index in [0.29, 0.717) is 0 Å². The Morgan fingerprint density at radius 1 is 1.44 bits per heavy atom. The number of thioether (sulfide) groups is 1. The van der Waals surface area contributed by atoms with E-state index in [-0.39, 0.29) is 10.9 Å². The molecule has 18 heavy (non-hydrogen) atoms. The molecule has 0 saturated carbocycles. The summed E-state index contributed by atoms with van der Waals surface area (Å²) in [5.41, 5.74) is 1.46. The molecule has 1 aliphatic rings.